The van der Waals surface area contributed by atoms with Crippen LogP contribution in [0.3, 0.4) is 0 Å². The van der Waals surface area contributed by atoms with Crippen LogP contribution in [0.2, 0.25) is 0 Å². The van der Waals surface area contributed by atoms with E-state index < -0.39 is 0 Å². The van der Waals surface area contributed by atoms with Crippen molar-refractivity contribution in [2.75, 3.05) is 27.2 Å². The molecule has 92 valence electrons. The summed E-state index contributed by atoms with van der Waals surface area (Å²) >= 11 is 0. The highest BCUT2D eigenvalue weighted by molar-refractivity contribution is 5.84. The molecule has 0 bridgehead atoms. The van der Waals surface area contributed by atoms with Gasteiger partial charge in [-0.15, -0.1) is 0 Å². The molecule has 3 nitrogen and oxygen atoms in total. The zero-order valence-electron chi connectivity index (χ0n) is 10.6. The molecule has 1 heterocycles. The number of likely N-dealkylation sites (N-methyl/N-ethyl adjacent to an activating group) is 1. The molecule has 2 unspecified atom stereocenters. The van der Waals surface area contributed by atoms with Gasteiger partial charge in [0.15, 0.2) is 0 Å². The molecule has 0 amide bonds. The predicted molar refractivity (Wildman–Crippen MR) is 65.5 cm³/mol. The van der Waals surface area contributed by atoms with Crippen molar-refractivity contribution in [1.29, 1.82) is 0 Å². The Bertz CT molecular complexity index is 252. The molecule has 1 saturated carbocycles. The number of hydrogen-bond acceptors (Lipinski definition) is 3. The van der Waals surface area contributed by atoms with Gasteiger partial charge in [-0.1, -0.05) is 6.42 Å². The SMILES string of the molecule is CN(C)C1CCCN(C2CCCCC2=O)C1. The number of carbonyl (C=O) groups is 1. The second-order valence-corrected chi connectivity index (χ2v) is 5.48. The summed E-state index contributed by atoms with van der Waals surface area (Å²) in [6, 6.07) is 0.889. The van der Waals surface area contributed by atoms with E-state index in [1.807, 2.05) is 0 Å². The molecule has 2 atom stereocenters. The second-order valence-electron chi connectivity index (χ2n) is 5.48. The number of Topliss-reactive ketones (excluding diaryl/α,β-unsaturated/α-hetero) is 1. The minimum absolute atomic E-state index is 0.247. The highest BCUT2D eigenvalue weighted by Crippen LogP contribution is 2.24. The minimum Gasteiger partial charge on any atom is -0.305 e. The summed E-state index contributed by atoms with van der Waals surface area (Å²) in [6.45, 7) is 2.21. The summed E-state index contributed by atoms with van der Waals surface area (Å²) in [4.78, 5) is 16.7. The van der Waals surface area contributed by atoms with Crippen molar-refractivity contribution >= 4 is 5.78 Å². The molecule has 2 aliphatic rings. The van der Waals surface area contributed by atoms with Crippen molar-refractivity contribution < 1.29 is 4.79 Å². The maximum absolute atomic E-state index is 11.9. The number of piperidine rings is 1. The third kappa shape index (κ3) is 2.64. The molecule has 1 aliphatic carbocycles. The summed E-state index contributed by atoms with van der Waals surface area (Å²) in [7, 11) is 4.30. The summed E-state index contributed by atoms with van der Waals surface area (Å²) < 4.78 is 0. The van der Waals surface area contributed by atoms with Gasteiger partial charge in [-0.25, -0.2) is 0 Å². The van der Waals surface area contributed by atoms with Crippen molar-refractivity contribution in [3.8, 4) is 0 Å². The fourth-order valence-corrected chi connectivity index (χ4v) is 3.04. The van der Waals surface area contributed by atoms with Crippen LogP contribution in [0.5, 0.6) is 0 Å². The molecule has 1 saturated heterocycles. The van der Waals surface area contributed by atoms with Crippen LogP contribution in [0.25, 0.3) is 0 Å². The molecule has 3 heteroatoms. The molecule has 0 N–H and O–H groups in total. The lowest BCUT2D eigenvalue weighted by Crippen LogP contribution is -2.52. The van der Waals surface area contributed by atoms with Crippen LogP contribution in [0.15, 0.2) is 0 Å². The van der Waals surface area contributed by atoms with Crippen molar-refractivity contribution in [3.05, 3.63) is 0 Å². The van der Waals surface area contributed by atoms with Crippen molar-refractivity contribution in [2.24, 2.45) is 0 Å². The van der Waals surface area contributed by atoms with E-state index in [0.717, 1.165) is 32.4 Å². The molecule has 0 aromatic carbocycles. The van der Waals surface area contributed by atoms with Crippen LogP contribution in [0.1, 0.15) is 38.5 Å². The molecule has 0 aromatic heterocycles. The number of nitrogens with zero attached hydrogens (tertiary/aromatic N) is 2. The van der Waals surface area contributed by atoms with Crippen molar-refractivity contribution in [3.63, 3.8) is 0 Å². The molecule has 0 radical (unpaired) electrons. The first-order chi connectivity index (χ1) is 7.68. The first-order valence-corrected chi connectivity index (χ1v) is 6.61. The minimum atomic E-state index is 0.247. The Balaban J connectivity index is 1.95. The highest BCUT2D eigenvalue weighted by atomic mass is 16.1. The van der Waals surface area contributed by atoms with E-state index in [0.29, 0.717) is 11.8 Å². The van der Waals surface area contributed by atoms with Crippen LogP contribution in [-0.4, -0.2) is 54.9 Å². The van der Waals surface area contributed by atoms with Crippen LogP contribution in [0, 0.1) is 0 Å². The number of ketones is 1. The van der Waals surface area contributed by atoms with Gasteiger partial charge in [0, 0.05) is 19.0 Å². The fraction of sp³-hybridized carbons (Fsp3) is 0.923. The average Bonchev–Trinajstić information content (AvgIpc) is 2.30. The van der Waals surface area contributed by atoms with E-state index in [9.17, 15) is 4.79 Å². The Morgan fingerprint density at radius 1 is 1.19 bits per heavy atom. The largest absolute Gasteiger partial charge is 0.305 e. The van der Waals surface area contributed by atoms with Crippen LogP contribution in [-0.2, 0) is 4.79 Å². The van der Waals surface area contributed by atoms with E-state index in [-0.39, 0.29) is 6.04 Å². The quantitative estimate of drug-likeness (QED) is 0.710. The Hall–Kier alpha value is -0.410. The maximum Gasteiger partial charge on any atom is 0.149 e. The average molecular weight is 224 g/mol. The third-order valence-electron chi connectivity index (χ3n) is 4.12. The van der Waals surface area contributed by atoms with Gasteiger partial charge in [-0.05, 0) is 46.3 Å². The van der Waals surface area contributed by atoms with Crippen LogP contribution in [0.4, 0.5) is 0 Å². The summed E-state index contributed by atoms with van der Waals surface area (Å²) in [5.74, 6) is 0.491. The van der Waals surface area contributed by atoms with E-state index >= 15 is 0 Å². The smallest absolute Gasteiger partial charge is 0.149 e. The van der Waals surface area contributed by atoms with Gasteiger partial charge in [-0.3, -0.25) is 9.69 Å². The number of likely N-dealkylation sites (tertiary alicyclic amines) is 1. The van der Waals surface area contributed by atoms with E-state index in [4.69, 9.17) is 0 Å². The zero-order valence-corrected chi connectivity index (χ0v) is 10.6. The zero-order chi connectivity index (χ0) is 11.5. The van der Waals surface area contributed by atoms with Gasteiger partial charge in [0.05, 0.1) is 6.04 Å². The second kappa shape index (κ2) is 5.28. The topological polar surface area (TPSA) is 23.6 Å². The molecule has 16 heavy (non-hydrogen) atoms. The summed E-state index contributed by atoms with van der Waals surface area (Å²) in [5.41, 5.74) is 0. The first kappa shape index (κ1) is 12.1. The lowest BCUT2D eigenvalue weighted by atomic mass is 9.91. The third-order valence-corrected chi connectivity index (χ3v) is 4.12. The Morgan fingerprint density at radius 2 is 2.00 bits per heavy atom. The van der Waals surface area contributed by atoms with Crippen molar-refractivity contribution in [2.45, 2.75) is 50.6 Å². The Morgan fingerprint density at radius 3 is 2.69 bits per heavy atom. The normalized spacial score (nSPS) is 33.3. The Kier molecular flexibility index (Phi) is 3.98. The molecule has 2 rings (SSSR count). The van der Waals surface area contributed by atoms with Gasteiger partial charge in [-0.2, -0.15) is 0 Å². The lowest BCUT2D eigenvalue weighted by molar-refractivity contribution is -0.127. The van der Waals surface area contributed by atoms with Gasteiger partial charge in [0.2, 0.25) is 0 Å². The van der Waals surface area contributed by atoms with Crippen LogP contribution < -0.4 is 0 Å². The standard InChI is InChI=1S/C13H24N2O/c1-14(2)11-6-5-9-15(10-11)12-7-3-4-8-13(12)16/h11-12H,3-10H2,1-2H3. The maximum atomic E-state index is 11.9. The predicted octanol–water partition coefficient (Wildman–Crippen LogP) is 1.52. The molecule has 1 aliphatic heterocycles. The van der Waals surface area contributed by atoms with Crippen LogP contribution >= 0.6 is 0 Å². The van der Waals surface area contributed by atoms with E-state index in [1.54, 1.807) is 0 Å². The van der Waals surface area contributed by atoms with E-state index in [1.165, 1.54) is 19.3 Å². The molecule has 2 fully saturated rings. The van der Waals surface area contributed by atoms with Gasteiger partial charge < -0.3 is 4.90 Å². The highest BCUT2D eigenvalue weighted by Gasteiger charge is 2.32. The lowest BCUT2D eigenvalue weighted by Gasteiger charge is -2.41. The van der Waals surface area contributed by atoms with Gasteiger partial charge in [0.25, 0.3) is 0 Å². The van der Waals surface area contributed by atoms with E-state index in [2.05, 4.69) is 23.9 Å². The molecular formula is C13H24N2O. The number of carbonyl (C=O) groups excluding carboxylic acids is 1. The molecule has 0 aromatic rings. The Labute approximate surface area is 98.8 Å². The molecule has 0 spiro atoms. The fourth-order valence-electron chi connectivity index (χ4n) is 3.04. The van der Waals surface area contributed by atoms with Gasteiger partial charge >= 0.3 is 0 Å². The number of rotatable bonds is 2. The first-order valence-electron chi connectivity index (χ1n) is 6.61. The summed E-state index contributed by atoms with van der Waals surface area (Å²) in [6.07, 6.45) is 6.78. The summed E-state index contributed by atoms with van der Waals surface area (Å²) in [5, 5.41) is 0. The van der Waals surface area contributed by atoms with Crippen molar-refractivity contribution in [1.82, 2.24) is 9.80 Å². The molecular weight excluding hydrogens is 200 g/mol. The monoisotopic (exact) mass is 224 g/mol. The number of hydrogen-bond donors (Lipinski definition) is 0. The van der Waals surface area contributed by atoms with Gasteiger partial charge in [0.1, 0.15) is 5.78 Å².